The summed E-state index contributed by atoms with van der Waals surface area (Å²) in [5, 5.41) is 0. The highest BCUT2D eigenvalue weighted by Gasteiger charge is 2.44. The Kier molecular flexibility index (Phi) is 6.42. The summed E-state index contributed by atoms with van der Waals surface area (Å²) in [5.74, 6) is 0.311. The Morgan fingerprint density at radius 3 is 2.12 bits per heavy atom. The summed E-state index contributed by atoms with van der Waals surface area (Å²) in [4.78, 5) is 29.2. The molecule has 1 unspecified atom stereocenters. The molecule has 2 aromatic carbocycles. The number of piperazine rings is 1. The molecule has 0 bridgehead atoms. The molecule has 4 rings (SSSR count). The van der Waals surface area contributed by atoms with Crippen LogP contribution in [-0.4, -0.2) is 75.9 Å². The maximum Gasteiger partial charge on any atom is 0.251 e. The lowest BCUT2D eigenvalue weighted by molar-refractivity contribution is -0.123. The predicted octanol–water partition coefficient (Wildman–Crippen LogP) is 1.65. The highest BCUT2D eigenvalue weighted by molar-refractivity contribution is 7.89. The molecule has 0 aromatic heterocycles. The van der Waals surface area contributed by atoms with Crippen molar-refractivity contribution in [2.45, 2.75) is 24.3 Å². The second-order valence-corrected chi connectivity index (χ2v) is 10.0. The van der Waals surface area contributed by atoms with Crippen molar-refractivity contribution in [1.82, 2.24) is 9.21 Å². The van der Waals surface area contributed by atoms with Crippen LogP contribution in [-0.2, 0) is 19.6 Å². The molecule has 33 heavy (non-hydrogen) atoms. The molecular weight excluding hydrogens is 446 g/mol. The van der Waals surface area contributed by atoms with Gasteiger partial charge in [0.05, 0.1) is 37.3 Å². The number of rotatable bonds is 6. The van der Waals surface area contributed by atoms with E-state index < -0.39 is 16.1 Å². The molecule has 0 N–H and O–H groups in total. The van der Waals surface area contributed by atoms with Gasteiger partial charge in [-0.1, -0.05) is 17.7 Å². The van der Waals surface area contributed by atoms with Gasteiger partial charge in [-0.3, -0.25) is 14.5 Å². The molecule has 2 amide bonds. The van der Waals surface area contributed by atoms with Crippen molar-refractivity contribution in [2.75, 3.05) is 45.3 Å². The normalized spacial score (nSPS) is 20.3. The molecule has 2 aliphatic rings. The van der Waals surface area contributed by atoms with Crippen LogP contribution in [0.2, 0.25) is 0 Å². The SMILES string of the molecule is COc1ccc(N2C(=O)CC(N3CCN(S(=O)(=O)c4ccc(C)cc4)CC3)C2=O)cc1OC. The molecule has 9 nitrogen and oxygen atoms in total. The van der Waals surface area contributed by atoms with Gasteiger partial charge >= 0.3 is 0 Å². The lowest BCUT2D eigenvalue weighted by atomic mass is 10.2. The Hall–Kier alpha value is -2.95. The Morgan fingerprint density at radius 2 is 1.52 bits per heavy atom. The molecule has 10 heteroatoms. The minimum Gasteiger partial charge on any atom is -0.493 e. The third-order valence-corrected chi connectivity index (χ3v) is 8.03. The van der Waals surface area contributed by atoms with Crippen LogP contribution in [0.5, 0.6) is 11.5 Å². The smallest absolute Gasteiger partial charge is 0.251 e. The number of hydrogen-bond donors (Lipinski definition) is 0. The molecule has 1 atom stereocenters. The molecule has 2 heterocycles. The number of hydrogen-bond acceptors (Lipinski definition) is 7. The summed E-state index contributed by atoms with van der Waals surface area (Å²) >= 11 is 0. The first-order valence-corrected chi connectivity index (χ1v) is 12.1. The number of benzene rings is 2. The fraction of sp³-hybridized carbons (Fsp3) is 0.391. The van der Waals surface area contributed by atoms with Crippen LogP contribution < -0.4 is 14.4 Å². The number of methoxy groups -OCH3 is 2. The van der Waals surface area contributed by atoms with E-state index >= 15 is 0 Å². The number of sulfonamides is 1. The van der Waals surface area contributed by atoms with Crippen LogP contribution in [0.25, 0.3) is 0 Å². The largest absolute Gasteiger partial charge is 0.493 e. The zero-order chi connectivity index (χ0) is 23.8. The second-order valence-electron chi connectivity index (χ2n) is 8.08. The molecule has 0 spiro atoms. The highest BCUT2D eigenvalue weighted by atomic mass is 32.2. The molecule has 2 saturated heterocycles. The molecule has 0 aliphatic carbocycles. The summed E-state index contributed by atoms with van der Waals surface area (Å²) < 4.78 is 37.8. The van der Waals surface area contributed by atoms with E-state index in [0.29, 0.717) is 30.3 Å². The van der Waals surface area contributed by atoms with E-state index in [4.69, 9.17) is 9.47 Å². The van der Waals surface area contributed by atoms with Gasteiger partial charge < -0.3 is 9.47 Å². The van der Waals surface area contributed by atoms with Crippen LogP contribution in [0.3, 0.4) is 0 Å². The number of nitrogens with zero attached hydrogens (tertiary/aromatic N) is 3. The molecule has 0 saturated carbocycles. The summed E-state index contributed by atoms with van der Waals surface area (Å²) in [7, 11) is -0.599. The summed E-state index contributed by atoms with van der Waals surface area (Å²) in [6, 6.07) is 11.0. The zero-order valence-electron chi connectivity index (χ0n) is 18.9. The fourth-order valence-electron chi connectivity index (χ4n) is 4.25. The van der Waals surface area contributed by atoms with Gasteiger partial charge in [-0.05, 0) is 31.2 Å². The van der Waals surface area contributed by atoms with Gasteiger partial charge in [-0.25, -0.2) is 13.3 Å². The summed E-state index contributed by atoms with van der Waals surface area (Å²) in [5.41, 5.74) is 1.41. The summed E-state index contributed by atoms with van der Waals surface area (Å²) in [6.45, 7) is 3.15. The number of aryl methyl sites for hydroxylation is 1. The van der Waals surface area contributed by atoms with Crippen LogP contribution in [0.15, 0.2) is 47.4 Å². The van der Waals surface area contributed by atoms with E-state index in [1.54, 1.807) is 42.5 Å². The van der Waals surface area contributed by atoms with Gasteiger partial charge in [0.2, 0.25) is 15.9 Å². The van der Waals surface area contributed by atoms with Crippen molar-refractivity contribution >= 4 is 27.5 Å². The number of imide groups is 1. The Bertz CT molecular complexity index is 1160. The van der Waals surface area contributed by atoms with Crippen molar-refractivity contribution < 1.29 is 27.5 Å². The summed E-state index contributed by atoms with van der Waals surface area (Å²) in [6.07, 6.45) is 0.0535. The van der Waals surface area contributed by atoms with Gasteiger partial charge in [0.25, 0.3) is 5.91 Å². The van der Waals surface area contributed by atoms with Crippen LogP contribution in [0.4, 0.5) is 5.69 Å². The van der Waals surface area contributed by atoms with Crippen LogP contribution >= 0.6 is 0 Å². The lowest BCUT2D eigenvalue weighted by Gasteiger charge is -2.36. The standard InChI is InChI=1S/C23H27N3O6S/c1-16-4-7-18(8-5-16)33(29,30)25-12-10-24(11-13-25)19-15-22(27)26(23(19)28)17-6-9-20(31-2)21(14-17)32-3/h4-9,14,19H,10-13,15H2,1-3H3. The van der Waals surface area contributed by atoms with Crippen molar-refractivity contribution in [3.05, 3.63) is 48.0 Å². The van der Waals surface area contributed by atoms with Gasteiger partial charge in [-0.15, -0.1) is 0 Å². The first kappa shape index (κ1) is 23.2. The third-order valence-electron chi connectivity index (χ3n) is 6.12. The number of carbonyl (C=O) groups excluding carboxylic acids is 2. The number of ether oxygens (including phenoxy) is 2. The van der Waals surface area contributed by atoms with Gasteiger partial charge in [0.1, 0.15) is 0 Å². The molecule has 2 aliphatic heterocycles. The van der Waals surface area contributed by atoms with Crippen LogP contribution in [0.1, 0.15) is 12.0 Å². The van der Waals surface area contributed by atoms with Crippen molar-refractivity contribution in [1.29, 1.82) is 0 Å². The number of carbonyl (C=O) groups is 2. The van der Waals surface area contributed by atoms with Gasteiger partial charge in [0.15, 0.2) is 11.5 Å². The molecule has 2 aromatic rings. The topological polar surface area (TPSA) is 96.5 Å². The molecule has 0 radical (unpaired) electrons. The Balaban J connectivity index is 1.46. The van der Waals surface area contributed by atoms with E-state index in [0.717, 1.165) is 5.56 Å². The second kappa shape index (κ2) is 9.12. The predicted molar refractivity (Wildman–Crippen MR) is 122 cm³/mol. The Labute approximate surface area is 193 Å². The minimum absolute atomic E-state index is 0.0535. The first-order chi connectivity index (χ1) is 15.8. The van der Waals surface area contributed by atoms with E-state index in [9.17, 15) is 18.0 Å². The lowest BCUT2D eigenvalue weighted by Crippen LogP contribution is -2.53. The molecular formula is C23H27N3O6S. The average molecular weight is 474 g/mol. The van der Waals surface area contributed by atoms with Gasteiger partial charge in [0, 0.05) is 32.2 Å². The van der Waals surface area contributed by atoms with Crippen molar-refractivity contribution in [3.63, 3.8) is 0 Å². The van der Waals surface area contributed by atoms with E-state index in [1.165, 1.54) is 23.4 Å². The quantitative estimate of drug-likeness (QED) is 0.589. The highest BCUT2D eigenvalue weighted by Crippen LogP contribution is 2.34. The maximum absolute atomic E-state index is 13.2. The Morgan fingerprint density at radius 1 is 0.879 bits per heavy atom. The fourth-order valence-corrected chi connectivity index (χ4v) is 5.67. The van der Waals surface area contributed by atoms with Crippen molar-refractivity contribution in [3.8, 4) is 11.5 Å². The third kappa shape index (κ3) is 4.33. The monoisotopic (exact) mass is 473 g/mol. The molecule has 2 fully saturated rings. The first-order valence-electron chi connectivity index (χ1n) is 10.7. The van der Waals surface area contributed by atoms with Gasteiger partial charge in [-0.2, -0.15) is 4.31 Å². The number of anilines is 1. The van der Waals surface area contributed by atoms with Crippen LogP contribution in [0, 0.1) is 6.92 Å². The zero-order valence-corrected chi connectivity index (χ0v) is 19.7. The van der Waals surface area contributed by atoms with E-state index in [1.807, 2.05) is 11.8 Å². The average Bonchev–Trinajstić information content (AvgIpc) is 3.12. The maximum atomic E-state index is 13.2. The number of amides is 2. The van der Waals surface area contributed by atoms with E-state index in [-0.39, 0.29) is 36.2 Å². The van der Waals surface area contributed by atoms with E-state index in [2.05, 4.69) is 0 Å². The molecule has 176 valence electrons. The van der Waals surface area contributed by atoms with Crippen molar-refractivity contribution in [2.24, 2.45) is 0 Å². The minimum atomic E-state index is -3.60.